The minimum absolute atomic E-state index is 0.290. The molecule has 3 N–H and O–H groups in total. The van der Waals surface area contributed by atoms with Gasteiger partial charge in [-0.2, -0.15) is 13.9 Å². The van der Waals surface area contributed by atoms with Crippen molar-refractivity contribution in [1.82, 2.24) is 9.97 Å². The molecule has 0 saturated carbocycles. The summed E-state index contributed by atoms with van der Waals surface area (Å²) in [4.78, 5) is 26.4. The second-order valence-corrected chi connectivity index (χ2v) is 4.74. The summed E-state index contributed by atoms with van der Waals surface area (Å²) in [5.41, 5.74) is -1.94. The molecule has 21 heavy (non-hydrogen) atoms. The molecule has 110 valence electrons. The van der Waals surface area contributed by atoms with E-state index in [0.29, 0.717) is 22.3 Å². The number of H-pyrrole nitrogens is 2. The van der Waals surface area contributed by atoms with Crippen LogP contribution < -0.4 is 11.2 Å². The van der Waals surface area contributed by atoms with Gasteiger partial charge in [-0.25, -0.2) is 4.79 Å². The van der Waals surface area contributed by atoms with Crippen LogP contribution in [0.5, 0.6) is 5.88 Å². The number of aromatic hydroxyl groups is 1. The van der Waals surface area contributed by atoms with E-state index in [4.69, 9.17) is 0 Å². The van der Waals surface area contributed by atoms with Crippen LogP contribution >= 0.6 is 11.8 Å². The lowest BCUT2D eigenvalue weighted by atomic mass is 10.3. The Morgan fingerprint density at radius 3 is 2.33 bits per heavy atom. The molecule has 2 rings (SSSR count). The highest BCUT2D eigenvalue weighted by molar-refractivity contribution is 7.99. The van der Waals surface area contributed by atoms with Crippen molar-refractivity contribution in [2.24, 2.45) is 10.2 Å². The molecule has 0 aliphatic rings. The van der Waals surface area contributed by atoms with Crippen LogP contribution in [0, 0.1) is 0 Å². The van der Waals surface area contributed by atoms with E-state index < -0.39 is 28.6 Å². The fourth-order valence-corrected chi connectivity index (χ4v) is 1.86. The Balaban J connectivity index is 2.22. The highest BCUT2D eigenvalue weighted by Crippen LogP contribution is 2.27. The minimum atomic E-state index is -2.52. The summed E-state index contributed by atoms with van der Waals surface area (Å²) in [5, 5.41) is 16.6. The Morgan fingerprint density at radius 2 is 1.76 bits per heavy atom. The van der Waals surface area contributed by atoms with Gasteiger partial charge in [0.2, 0.25) is 11.6 Å². The molecule has 0 aliphatic carbocycles. The summed E-state index contributed by atoms with van der Waals surface area (Å²) in [7, 11) is 0. The summed E-state index contributed by atoms with van der Waals surface area (Å²) < 4.78 is 24.3. The lowest BCUT2D eigenvalue weighted by Crippen LogP contribution is -2.20. The first-order valence-corrected chi connectivity index (χ1v) is 6.36. The molecule has 0 atom stereocenters. The molecule has 2 aromatic rings. The van der Waals surface area contributed by atoms with E-state index in [9.17, 15) is 23.5 Å². The quantitative estimate of drug-likeness (QED) is 0.594. The van der Waals surface area contributed by atoms with Gasteiger partial charge in [-0.15, -0.1) is 5.11 Å². The number of nitrogens with one attached hydrogen (secondary N) is 2. The number of nitrogens with zero attached hydrogens (tertiary/aromatic N) is 2. The lowest BCUT2D eigenvalue weighted by Gasteiger charge is -1.99. The van der Waals surface area contributed by atoms with Crippen LogP contribution in [0.3, 0.4) is 0 Å². The number of rotatable bonds is 4. The molecule has 0 fully saturated rings. The van der Waals surface area contributed by atoms with Crippen LogP contribution in [0.4, 0.5) is 20.2 Å². The lowest BCUT2D eigenvalue weighted by molar-refractivity contribution is 0.252. The van der Waals surface area contributed by atoms with Gasteiger partial charge in [-0.3, -0.25) is 14.8 Å². The molecule has 1 aromatic carbocycles. The van der Waals surface area contributed by atoms with Gasteiger partial charge in [0.05, 0.1) is 5.69 Å². The molecular weight excluding hydrogens is 306 g/mol. The average Bonchev–Trinajstić information content (AvgIpc) is 2.38. The summed E-state index contributed by atoms with van der Waals surface area (Å²) in [6, 6.07) is 5.68. The Bertz CT molecular complexity index is 770. The van der Waals surface area contributed by atoms with E-state index in [0.717, 1.165) is 0 Å². The molecule has 1 aromatic heterocycles. The minimum Gasteiger partial charge on any atom is -0.493 e. The zero-order valence-corrected chi connectivity index (χ0v) is 11.0. The number of thioether (sulfide) groups is 1. The van der Waals surface area contributed by atoms with E-state index in [1.807, 2.05) is 9.97 Å². The Kier molecular flexibility index (Phi) is 4.48. The zero-order chi connectivity index (χ0) is 15.4. The second-order valence-electron chi connectivity index (χ2n) is 3.68. The Morgan fingerprint density at radius 1 is 1.10 bits per heavy atom. The standard InChI is InChI=1S/C11H8F2N4O3S/c12-10(13)21-6-3-1-5(2-4-6)16-17-7-8(18)14-11(20)15-9(7)19/h1-4,10H,(H3,14,15,18,19,20). The normalized spacial score (nSPS) is 11.4. The maximum Gasteiger partial charge on any atom is 0.328 e. The molecule has 0 aliphatic heterocycles. The van der Waals surface area contributed by atoms with Crippen LogP contribution in [0.15, 0.2) is 49.0 Å². The molecule has 1 heterocycles. The van der Waals surface area contributed by atoms with E-state index >= 15 is 0 Å². The number of azo groups is 1. The Hall–Kier alpha value is -2.49. The van der Waals surface area contributed by atoms with Gasteiger partial charge in [-0.1, -0.05) is 11.8 Å². The van der Waals surface area contributed by atoms with E-state index in [1.54, 1.807) is 0 Å². The van der Waals surface area contributed by atoms with Crippen molar-refractivity contribution in [1.29, 1.82) is 0 Å². The predicted molar refractivity (Wildman–Crippen MR) is 71.8 cm³/mol. The summed E-state index contributed by atoms with van der Waals surface area (Å²) in [6.07, 6.45) is 0. The first-order valence-electron chi connectivity index (χ1n) is 5.48. The number of aromatic amines is 2. The third-order valence-electron chi connectivity index (χ3n) is 2.23. The van der Waals surface area contributed by atoms with Gasteiger partial charge in [0.25, 0.3) is 11.3 Å². The van der Waals surface area contributed by atoms with Crippen molar-refractivity contribution in [2.45, 2.75) is 10.7 Å². The molecule has 0 radical (unpaired) electrons. The van der Waals surface area contributed by atoms with E-state index in [-0.39, 0.29) is 0 Å². The van der Waals surface area contributed by atoms with Gasteiger partial charge in [0.1, 0.15) is 0 Å². The number of aromatic nitrogens is 2. The van der Waals surface area contributed by atoms with Crippen LogP contribution in [-0.4, -0.2) is 20.8 Å². The van der Waals surface area contributed by atoms with Crippen LogP contribution in [0.2, 0.25) is 0 Å². The molecule has 10 heteroatoms. The van der Waals surface area contributed by atoms with Crippen molar-refractivity contribution >= 4 is 23.1 Å². The smallest absolute Gasteiger partial charge is 0.328 e. The van der Waals surface area contributed by atoms with Crippen LogP contribution in [-0.2, 0) is 0 Å². The number of alkyl halides is 2. The van der Waals surface area contributed by atoms with Gasteiger partial charge < -0.3 is 5.11 Å². The number of hydrogen-bond donors (Lipinski definition) is 3. The third kappa shape index (κ3) is 3.99. The van der Waals surface area contributed by atoms with Crippen molar-refractivity contribution in [3.8, 4) is 5.88 Å². The molecule has 0 bridgehead atoms. The van der Waals surface area contributed by atoms with Crippen molar-refractivity contribution < 1.29 is 13.9 Å². The maximum absolute atomic E-state index is 12.1. The van der Waals surface area contributed by atoms with Crippen LogP contribution in [0.1, 0.15) is 0 Å². The fourth-order valence-electron chi connectivity index (χ4n) is 1.36. The molecule has 0 spiro atoms. The molecular formula is C11H8F2N4O3S. The zero-order valence-electron chi connectivity index (χ0n) is 10.2. The fraction of sp³-hybridized carbons (Fsp3) is 0.0909. The monoisotopic (exact) mass is 314 g/mol. The first-order chi connectivity index (χ1) is 9.95. The van der Waals surface area contributed by atoms with E-state index in [2.05, 4.69) is 10.2 Å². The summed E-state index contributed by atoms with van der Waals surface area (Å²) in [5.74, 6) is -3.23. The molecule has 0 unspecified atom stereocenters. The topological polar surface area (TPSA) is 111 Å². The summed E-state index contributed by atoms with van der Waals surface area (Å²) in [6.45, 7) is 0. The highest BCUT2D eigenvalue weighted by Gasteiger charge is 2.07. The number of halogens is 2. The maximum atomic E-state index is 12.1. The second kappa shape index (κ2) is 6.31. The SMILES string of the molecule is O=c1[nH]c(O)c(N=Nc2ccc(SC(F)F)cc2)c(=O)[nH]1. The van der Waals surface area contributed by atoms with Gasteiger partial charge >= 0.3 is 5.69 Å². The molecule has 0 amide bonds. The number of hydrogen-bond acceptors (Lipinski definition) is 6. The van der Waals surface area contributed by atoms with Gasteiger partial charge in [-0.05, 0) is 24.3 Å². The number of benzene rings is 1. The Labute approximate surface area is 119 Å². The highest BCUT2D eigenvalue weighted by atomic mass is 32.2. The van der Waals surface area contributed by atoms with Crippen molar-refractivity contribution in [3.05, 3.63) is 45.1 Å². The van der Waals surface area contributed by atoms with Crippen molar-refractivity contribution in [3.63, 3.8) is 0 Å². The first kappa shape index (κ1) is 14.9. The predicted octanol–water partition coefficient (Wildman–Crippen LogP) is 2.50. The third-order valence-corrected chi connectivity index (χ3v) is 2.95. The van der Waals surface area contributed by atoms with Crippen molar-refractivity contribution in [2.75, 3.05) is 0 Å². The average molecular weight is 314 g/mol. The summed E-state index contributed by atoms with van der Waals surface area (Å²) >= 11 is 0.388. The molecule has 7 nitrogen and oxygen atoms in total. The van der Waals surface area contributed by atoms with Gasteiger partial charge in [0.15, 0.2) is 0 Å². The van der Waals surface area contributed by atoms with Crippen LogP contribution in [0.25, 0.3) is 0 Å². The van der Waals surface area contributed by atoms with Gasteiger partial charge in [0, 0.05) is 4.90 Å². The largest absolute Gasteiger partial charge is 0.493 e. The van der Waals surface area contributed by atoms with E-state index in [1.165, 1.54) is 24.3 Å². The molecule has 0 saturated heterocycles.